The van der Waals surface area contributed by atoms with E-state index in [-0.39, 0.29) is 5.97 Å². The predicted molar refractivity (Wildman–Crippen MR) is 185 cm³/mol. The second-order valence-corrected chi connectivity index (χ2v) is 10.9. The van der Waals surface area contributed by atoms with Gasteiger partial charge in [-0.15, -0.1) is 6.58 Å². The lowest BCUT2D eigenvalue weighted by atomic mass is 10.1. The lowest BCUT2D eigenvalue weighted by Crippen LogP contribution is -2.03. The Balaban J connectivity index is -0.000000374. The van der Waals surface area contributed by atoms with Crippen LogP contribution in [0.5, 0.6) is 0 Å². The minimum atomic E-state index is -0.0504. The van der Waals surface area contributed by atoms with Gasteiger partial charge < -0.3 is 14.3 Å². The van der Waals surface area contributed by atoms with Crippen LogP contribution in [-0.4, -0.2) is 24.1 Å². The first-order valence-corrected chi connectivity index (χ1v) is 17.8. The summed E-state index contributed by atoms with van der Waals surface area (Å²) >= 11 is 7.33. The number of carbonyl (C=O) groups is 3. The monoisotopic (exact) mass is 616 g/mol. The van der Waals surface area contributed by atoms with E-state index in [1.165, 1.54) is 103 Å². The number of allylic oxidation sites excluding steroid dienone is 3. The molecule has 0 amide bonds. The molecule has 0 aromatic carbocycles. The molecule has 0 aliphatic carbocycles. The molecule has 0 radical (unpaired) electrons. The van der Waals surface area contributed by atoms with Crippen LogP contribution in [-0.2, 0) is 41.5 Å². The highest BCUT2D eigenvalue weighted by molar-refractivity contribution is 8.07. The summed E-state index contributed by atoms with van der Waals surface area (Å²) in [5.41, 5.74) is 0. The summed E-state index contributed by atoms with van der Waals surface area (Å²) in [5, 5.41) is 0. The molecule has 0 heterocycles. The minimum absolute atomic E-state index is 0.0504. The van der Waals surface area contributed by atoms with Crippen molar-refractivity contribution in [3.05, 3.63) is 24.8 Å². The van der Waals surface area contributed by atoms with Gasteiger partial charge in [0, 0.05) is 44.6 Å². The zero-order chi connectivity index (χ0) is 33.2. The molecule has 0 atom stereocenters. The number of ether oxygens (including phenoxy) is 1. The number of Topliss-reactive ketones (excluding diaryl/α,β-unsaturated/α-hetero) is 2. The molecule has 242 valence electrons. The van der Waals surface area contributed by atoms with Crippen molar-refractivity contribution in [1.82, 2.24) is 0 Å². The third-order valence-corrected chi connectivity index (χ3v) is 6.81. The zero-order valence-corrected chi connectivity index (χ0v) is 28.7. The summed E-state index contributed by atoms with van der Waals surface area (Å²) < 4.78 is 14.9. The highest BCUT2D eigenvalue weighted by atomic mass is 32.8. The number of esters is 1. The third kappa shape index (κ3) is 48.8. The normalized spacial score (nSPS) is 10.5. The van der Waals surface area contributed by atoms with E-state index < -0.39 is 0 Å². The average Bonchev–Trinajstić information content (AvgIpc) is 3.00. The standard InChI is InChI=1S/C23H42O3.C12H22O.S2.H2/c1-3-26-23(25)21-19-17-15-13-11-9-7-5-4-6-8-10-12-14-16-18-20-22(2)24;1-3-4-5-6-7-8-9-10-11-12(2)13;1-2;/h4-5H,3,6-21H2,1-2H3;3H,1,4-11H2,2H3;;1H/i;;;1+1D. The van der Waals surface area contributed by atoms with Crippen molar-refractivity contribution in [2.45, 2.75) is 175 Å². The molecule has 0 spiro atoms. The fourth-order valence-electron chi connectivity index (χ4n) is 4.42. The summed E-state index contributed by atoms with van der Waals surface area (Å²) in [6.07, 6.45) is 34.5. The molecule has 0 aliphatic rings. The number of rotatable bonds is 28. The maximum absolute atomic E-state index is 11.2. The maximum Gasteiger partial charge on any atom is 0.305 e. The molecule has 4 nitrogen and oxygen atoms in total. The van der Waals surface area contributed by atoms with Gasteiger partial charge in [-0.25, -0.2) is 0 Å². The Hall–Kier alpha value is -1.27. The van der Waals surface area contributed by atoms with Gasteiger partial charge >= 0.3 is 5.97 Å². The van der Waals surface area contributed by atoms with Crippen molar-refractivity contribution in [3.63, 3.8) is 0 Å². The summed E-state index contributed by atoms with van der Waals surface area (Å²) in [4.78, 5) is 32.6. The molecule has 0 aromatic rings. The first-order valence-electron chi connectivity index (χ1n) is 17.5. The number of hydrogen-bond donors (Lipinski definition) is 0. The minimum Gasteiger partial charge on any atom is -0.466 e. The largest absolute Gasteiger partial charge is 0.466 e. The Morgan fingerprint density at radius 3 is 1.24 bits per heavy atom. The van der Waals surface area contributed by atoms with E-state index in [1.807, 2.05) is 13.0 Å². The van der Waals surface area contributed by atoms with Gasteiger partial charge in [0.05, 0.1) is 6.61 Å². The van der Waals surface area contributed by atoms with E-state index in [1.54, 1.807) is 13.8 Å². The molecule has 0 N–H and O–H groups in total. The summed E-state index contributed by atoms with van der Waals surface area (Å²) in [7, 11) is 0. The summed E-state index contributed by atoms with van der Waals surface area (Å²) in [6.45, 7) is 9.39. The second-order valence-electron chi connectivity index (χ2n) is 10.9. The van der Waals surface area contributed by atoms with Gasteiger partial charge in [0.2, 0.25) is 0 Å². The molecule has 41 heavy (non-hydrogen) atoms. The topological polar surface area (TPSA) is 60.4 Å². The number of unbranched alkanes of at least 4 members (excludes halogenated alkanes) is 18. The fourth-order valence-corrected chi connectivity index (χ4v) is 4.42. The Morgan fingerprint density at radius 1 is 0.585 bits per heavy atom. The van der Waals surface area contributed by atoms with Crippen LogP contribution in [0.4, 0.5) is 0 Å². The Labute approximate surface area is 267 Å². The van der Waals surface area contributed by atoms with Gasteiger partial charge in [-0.05, 0) is 78.6 Å². The lowest BCUT2D eigenvalue weighted by Gasteiger charge is -2.02. The summed E-state index contributed by atoms with van der Waals surface area (Å²) in [6, 6.07) is 0. The van der Waals surface area contributed by atoms with E-state index in [9.17, 15) is 14.4 Å². The molecule has 0 unspecified atom stereocenters. The molecule has 0 saturated carbocycles. The van der Waals surface area contributed by atoms with Crippen LogP contribution in [0.25, 0.3) is 0 Å². The van der Waals surface area contributed by atoms with Gasteiger partial charge in [0.15, 0.2) is 0 Å². The Morgan fingerprint density at radius 2 is 0.902 bits per heavy atom. The fraction of sp³-hybridized carbons (Fsp3) is 0.800. The molecule has 0 rings (SSSR count). The van der Waals surface area contributed by atoms with Crippen molar-refractivity contribution in [2.75, 3.05) is 6.61 Å². The number of ketones is 2. The first kappa shape index (κ1) is 41.9. The second kappa shape index (κ2) is 40.9. The van der Waals surface area contributed by atoms with Gasteiger partial charge in [-0.1, -0.05) is 95.3 Å². The van der Waals surface area contributed by atoms with Crippen LogP contribution in [0.3, 0.4) is 0 Å². The van der Waals surface area contributed by atoms with Crippen molar-refractivity contribution in [2.24, 2.45) is 0 Å². The highest BCUT2D eigenvalue weighted by Gasteiger charge is 2.00. The van der Waals surface area contributed by atoms with Crippen LogP contribution < -0.4 is 0 Å². The molecule has 0 aliphatic heterocycles. The number of hydrogen-bond acceptors (Lipinski definition) is 6. The smallest absolute Gasteiger partial charge is 0.305 e. The Bertz CT molecular complexity index is 631. The van der Waals surface area contributed by atoms with Crippen LogP contribution in [0.15, 0.2) is 24.8 Å². The lowest BCUT2D eigenvalue weighted by molar-refractivity contribution is -0.143. The van der Waals surface area contributed by atoms with Crippen LogP contribution in [0.2, 0.25) is 0 Å². The van der Waals surface area contributed by atoms with Crippen molar-refractivity contribution < 1.29 is 22.1 Å². The van der Waals surface area contributed by atoms with Gasteiger partial charge in [-0.2, -0.15) is 0 Å². The first-order chi connectivity index (χ1) is 20.9. The quantitative estimate of drug-likeness (QED) is 0.0495. The van der Waals surface area contributed by atoms with Gasteiger partial charge in [0.25, 0.3) is 0 Å². The molecular formula is C35H66O4S2. The van der Waals surface area contributed by atoms with E-state index >= 15 is 0 Å². The maximum atomic E-state index is 11.2. The SMILES string of the molecule is C=CCCCCCCCCC(C)=O.CCOC(=O)CCCCCCCCC=CCCCCCCCCC(C)=O.S=S.[2H][2H]. The van der Waals surface area contributed by atoms with Crippen LogP contribution >= 0.6 is 0 Å². The van der Waals surface area contributed by atoms with Crippen LogP contribution in [0, 0.1) is 0 Å². The van der Waals surface area contributed by atoms with Crippen molar-refractivity contribution in [3.8, 4) is 0 Å². The summed E-state index contributed by atoms with van der Waals surface area (Å²) in [5.74, 6) is 0.599. The molecule has 0 saturated heterocycles. The van der Waals surface area contributed by atoms with Gasteiger partial charge in [0.1, 0.15) is 11.6 Å². The van der Waals surface area contributed by atoms with E-state index in [0.717, 1.165) is 44.9 Å². The van der Waals surface area contributed by atoms with E-state index in [2.05, 4.69) is 41.1 Å². The molecule has 0 bridgehead atoms. The third-order valence-electron chi connectivity index (χ3n) is 6.81. The molecule has 0 aromatic heterocycles. The predicted octanol–water partition coefficient (Wildman–Crippen LogP) is 11.1. The number of carbonyl (C=O) groups excluding carboxylic acids is 3. The molecule has 6 heteroatoms. The molecule has 0 fully saturated rings. The average molecular weight is 617 g/mol. The van der Waals surface area contributed by atoms with Crippen LogP contribution in [0.1, 0.15) is 178 Å². The van der Waals surface area contributed by atoms with Gasteiger partial charge in [-0.3, -0.25) is 4.79 Å². The van der Waals surface area contributed by atoms with Crippen molar-refractivity contribution >= 4 is 39.9 Å². The van der Waals surface area contributed by atoms with Crippen molar-refractivity contribution in [1.29, 1.82) is 0 Å². The Kier molecular flexibility index (Phi) is 41.7. The highest BCUT2D eigenvalue weighted by Crippen LogP contribution is 2.12. The zero-order valence-electron chi connectivity index (χ0n) is 29.1. The molecular weight excluding hydrogens is 549 g/mol. The van der Waals surface area contributed by atoms with E-state index in [4.69, 9.17) is 7.71 Å². The van der Waals surface area contributed by atoms with E-state index in [0.29, 0.717) is 24.6 Å².